The van der Waals surface area contributed by atoms with E-state index in [1.54, 1.807) is 54.7 Å². The molecule has 0 saturated carbocycles. The molecule has 3 aliphatic heterocycles. The topological polar surface area (TPSA) is 106 Å². The highest BCUT2D eigenvalue weighted by Crippen LogP contribution is 2.53. The number of fused-ring (bicyclic) bond motifs is 5. The Morgan fingerprint density at radius 1 is 0.842 bits per heavy atom. The maximum atomic E-state index is 13.9. The molecule has 3 aromatic carbocycles. The van der Waals surface area contributed by atoms with Gasteiger partial charge in [-0.25, -0.2) is 4.90 Å². The van der Waals surface area contributed by atoms with Gasteiger partial charge in [0.2, 0.25) is 11.8 Å². The molecule has 38 heavy (non-hydrogen) atoms. The van der Waals surface area contributed by atoms with E-state index in [1.807, 2.05) is 24.3 Å². The summed E-state index contributed by atoms with van der Waals surface area (Å²) in [6.07, 6.45) is 1.67. The molecule has 0 bridgehead atoms. The molecule has 6 rings (SSSR count). The lowest BCUT2D eigenvalue weighted by Crippen LogP contribution is -2.44. The van der Waals surface area contributed by atoms with Gasteiger partial charge in [0.15, 0.2) is 5.78 Å². The lowest BCUT2D eigenvalue weighted by atomic mass is 9.83. The number of Topliss-reactive ketones (excluding diaryl/α,β-unsaturated/α-hetero) is 1. The molecule has 2 fully saturated rings. The number of carbonyl (C=O) groups excluding carboxylic acids is 4. The molecule has 3 heterocycles. The molecule has 0 radical (unpaired) electrons. The number of imide groups is 1. The van der Waals surface area contributed by atoms with E-state index in [9.17, 15) is 19.2 Å². The number of hydrogen-bond donors (Lipinski definition) is 0. The van der Waals surface area contributed by atoms with Gasteiger partial charge >= 0.3 is 5.97 Å². The first-order valence-corrected chi connectivity index (χ1v) is 12.1. The molecule has 190 valence electrons. The minimum absolute atomic E-state index is 0.296. The van der Waals surface area contributed by atoms with E-state index >= 15 is 0 Å². The fourth-order valence-electron chi connectivity index (χ4n) is 5.68. The number of nitrogens with zero attached hydrogens (tertiary/aromatic N) is 3. The van der Waals surface area contributed by atoms with Gasteiger partial charge in [-0.05, 0) is 59.7 Å². The lowest BCUT2D eigenvalue weighted by Gasteiger charge is -2.33. The Kier molecular flexibility index (Phi) is 5.56. The van der Waals surface area contributed by atoms with E-state index in [2.05, 4.69) is 5.10 Å². The Morgan fingerprint density at radius 3 is 2.18 bits per heavy atom. The Labute approximate surface area is 218 Å². The number of ether oxygens (including phenoxy) is 2. The van der Waals surface area contributed by atoms with E-state index in [1.165, 1.54) is 19.1 Å². The van der Waals surface area contributed by atoms with Gasteiger partial charge in [0, 0.05) is 12.5 Å². The van der Waals surface area contributed by atoms with Crippen molar-refractivity contribution in [3.63, 3.8) is 0 Å². The van der Waals surface area contributed by atoms with Crippen LogP contribution >= 0.6 is 0 Å². The first kappa shape index (κ1) is 23.6. The quantitative estimate of drug-likeness (QED) is 0.225. The van der Waals surface area contributed by atoms with Gasteiger partial charge in [-0.1, -0.05) is 24.3 Å². The van der Waals surface area contributed by atoms with Crippen LogP contribution in [0.2, 0.25) is 0 Å². The average molecular weight is 510 g/mol. The Bertz CT molecular complexity index is 1500. The maximum absolute atomic E-state index is 13.9. The third kappa shape index (κ3) is 3.58. The number of esters is 1. The fraction of sp³-hybridized carbons (Fsp3) is 0.207. The molecule has 9 nitrogen and oxygen atoms in total. The van der Waals surface area contributed by atoms with Crippen molar-refractivity contribution >= 4 is 35.5 Å². The van der Waals surface area contributed by atoms with Crippen molar-refractivity contribution in [3.05, 3.63) is 89.5 Å². The summed E-state index contributed by atoms with van der Waals surface area (Å²) >= 11 is 0. The molecule has 0 spiro atoms. The van der Waals surface area contributed by atoms with Crippen molar-refractivity contribution < 1.29 is 28.7 Å². The van der Waals surface area contributed by atoms with E-state index in [0.717, 1.165) is 16.0 Å². The second-order valence-corrected chi connectivity index (χ2v) is 9.39. The maximum Gasteiger partial charge on any atom is 0.308 e. The van der Waals surface area contributed by atoms with Crippen LogP contribution in [0.5, 0.6) is 11.5 Å². The van der Waals surface area contributed by atoms with Crippen molar-refractivity contribution in [2.75, 3.05) is 12.0 Å². The number of carbonyl (C=O) groups is 4. The van der Waals surface area contributed by atoms with E-state index in [4.69, 9.17) is 9.47 Å². The average Bonchev–Trinajstić information content (AvgIpc) is 3.41. The molecule has 0 N–H and O–H groups in total. The summed E-state index contributed by atoms with van der Waals surface area (Å²) in [5, 5.41) is 6.20. The minimum Gasteiger partial charge on any atom is -0.497 e. The Balaban J connectivity index is 1.43. The van der Waals surface area contributed by atoms with Crippen molar-refractivity contribution in [2.45, 2.75) is 19.0 Å². The van der Waals surface area contributed by atoms with Gasteiger partial charge in [0.25, 0.3) is 0 Å². The standard InChI is InChI=1S/C29H23N3O6/c1-16(33)38-21-13-9-19(10-14-21)31-28(35)23-24(29(31)36)26(27(34)17-7-11-20(37-2)12-8-17)32-25(23)22-6-4-3-5-18(22)15-30-32/h3-15,23-26H,1-2H3. The molecule has 2 saturated heterocycles. The fourth-order valence-corrected chi connectivity index (χ4v) is 5.68. The summed E-state index contributed by atoms with van der Waals surface area (Å²) in [6.45, 7) is 1.29. The number of rotatable bonds is 5. The molecule has 0 aliphatic carbocycles. The van der Waals surface area contributed by atoms with Gasteiger partial charge in [-0.2, -0.15) is 5.10 Å². The third-order valence-corrected chi connectivity index (χ3v) is 7.29. The Morgan fingerprint density at radius 2 is 1.50 bits per heavy atom. The second kappa shape index (κ2) is 8.95. The number of benzene rings is 3. The van der Waals surface area contributed by atoms with Crippen LogP contribution in [0.15, 0.2) is 77.9 Å². The highest BCUT2D eigenvalue weighted by Gasteiger charge is 2.65. The van der Waals surface area contributed by atoms with Crippen molar-refractivity contribution in [2.24, 2.45) is 16.9 Å². The smallest absolute Gasteiger partial charge is 0.308 e. The number of amides is 2. The molecule has 4 atom stereocenters. The molecule has 4 unspecified atom stereocenters. The van der Waals surface area contributed by atoms with E-state index in [-0.39, 0.29) is 5.78 Å². The highest BCUT2D eigenvalue weighted by molar-refractivity contribution is 6.24. The van der Waals surface area contributed by atoms with Crippen LogP contribution in [0.3, 0.4) is 0 Å². The zero-order valence-corrected chi connectivity index (χ0v) is 20.6. The van der Waals surface area contributed by atoms with Crippen LogP contribution in [0.1, 0.15) is 34.5 Å². The zero-order valence-electron chi connectivity index (χ0n) is 20.6. The van der Waals surface area contributed by atoms with Gasteiger partial charge in [0.05, 0.1) is 36.9 Å². The number of anilines is 1. The number of methoxy groups -OCH3 is 1. The second-order valence-electron chi connectivity index (χ2n) is 9.39. The Hall–Kier alpha value is -4.79. The third-order valence-electron chi connectivity index (χ3n) is 7.29. The SMILES string of the molecule is COc1ccc(C(=O)C2C3C(=O)N(c4ccc(OC(C)=O)cc4)C(=O)C3C3c4ccccc4C=NN23)cc1. The summed E-state index contributed by atoms with van der Waals surface area (Å²) in [4.78, 5) is 54.2. The van der Waals surface area contributed by atoms with Crippen LogP contribution in [0.25, 0.3) is 0 Å². The van der Waals surface area contributed by atoms with Crippen LogP contribution in [-0.2, 0) is 14.4 Å². The summed E-state index contributed by atoms with van der Waals surface area (Å²) in [6, 6.07) is 18.9. The molecule has 3 aliphatic rings. The summed E-state index contributed by atoms with van der Waals surface area (Å²) in [5.41, 5.74) is 2.43. The summed E-state index contributed by atoms with van der Waals surface area (Å²) in [5.74, 6) is -2.47. The van der Waals surface area contributed by atoms with Gasteiger partial charge in [0.1, 0.15) is 17.5 Å². The van der Waals surface area contributed by atoms with E-state index < -0.39 is 41.7 Å². The molecular formula is C29H23N3O6. The highest BCUT2D eigenvalue weighted by atomic mass is 16.5. The van der Waals surface area contributed by atoms with Gasteiger partial charge < -0.3 is 9.47 Å². The lowest BCUT2D eigenvalue weighted by molar-refractivity contribution is -0.132. The predicted molar refractivity (Wildman–Crippen MR) is 137 cm³/mol. The monoisotopic (exact) mass is 509 g/mol. The summed E-state index contributed by atoms with van der Waals surface area (Å²) in [7, 11) is 1.54. The van der Waals surface area contributed by atoms with Crippen molar-refractivity contribution in [3.8, 4) is 11.5 Å². The van der Waals surface area contributed by atoms with Crippen LogP contribution < -0.4 is 14.4 Å². The minimum atomic E-state index is -0.968. The first-order chi connectivity index (χ1) is 18.4. The normalized spacial score (nSPS) is 23.1. The van der Waals surface area contributed by atoms with Crippen molar-refractivity contribution in [1.82, 2.24) is 5.01 Å². The predicted octanol–water partition coefficient (Wildman–Crippen LogP) is 3.38. The largest absolute Gasteiger partial charge is 0.497 e. The van der Waals surface area contributed by atoms with Crippen LogP contribution in [-0.4, -0.2) is 47.9 Å². The van der Waals surface area contributed by atoms with Gasteiger partial charge in [-0.15, -0.1) is 0 Å². The van der Waals surface area contributed by atoms with Gasteiger partial charge in [-0.3, -0.25) is 24.2 Å². The van der Waals surface area contributed by atoms with Crippen molar-refractivity contribution in [1.29, 1.82) is 0 Å². The van der Waals surface area contributed by atoms with E-state index in [0.29, 0.717) is 22.7 Å². The molecule has 2 amide bonds. The van der Waals surface area contributed by atoms with Crippen LogP contribution in [0.4, 0.5) is 5.69 Å². The first-order valence-electron chi connectivity index (χ1n) is 12.1. The molecule has 3 aromatic rings. The van der Waals surface area contributed by atoms with Crippen LogP contribution in [0, 0.1) is 11.8 Å². The number of hydrogen-bond acceptors (Lipinski definition) is 8. The number of hydrazone groups is 1. The summed E-state index contributed by atoms with van der Waals surface area (Å²) < 4.78 is 10.3. The molecular weight excluding hydrogens is 486 g/mol. The number of ketones is 1. The molecule has 9 heteroatoms. The molecule has 0 aromatic heterocycles. The zero-order chi connectivity index (χ0) is 26.6.